The van der Waals surface area contributed by atoms with Gasteiger partial charge in [0.05, 0.1) is 0 Å². The molecule has 2 fully saturated rings. The summed E-state index contributed by atoms with van der Waals surface area (Å²) in [5.41, 5.74) is 0.527. The fourth-order valence-electron chi connectivity index (χ4n) is 2.95. The standard InChI is InChI=1S/C9H16O/c1-9-3-2-7(5-9)4-8(9)6-10/h7-8,10H,2-6H2,1H3. The molecule has 0 radical (unpaired) electrons. The molecule has 1 N–H and O–H groups in total. The van der Waals surface area contributed by atoms with Crippen LogP contribution in [0.4, 0.5) is 0 Å². The Kier molecular flexibility index (Phi) is 1.31. The van der Waals surface area contributed by atoms with Crippen LogP contribution in [0.3, 0.4) is 0 Å². The van der Waals surface area contributed by atoms with E-state index in [1.807, 2.05) is 0 Å². The van der Waals surface area contributed by atoms with Crippen molar-refractivity contribution >= 4 is 0 Å². The van der Waals surface area contributed by atoms with Gasteiger partial charge in [-0.15, -0.1) is 0 Å². The zero-order valence-corrected chi connectivity index (χ0v) is 6.64. The number of aliphatic hydroxyl groups is 1. The molecule has 0 heterocycles. The highest BCUT2D eigenvalue weighted by atomic mass is 16.3. The van der Waals surface area contributed by atoms with Gasteiger partial charge in [0, 0.05) is 6.61 Å². The van der Waals surface area contributed by atoms with Gasteiger partial charge in [-0.1, -0.05) is 6.92 Å². The van der Waals surface area contributed by atoms with Crippen molar-refractivity contribution in [3.63, 3.8) is 0 Å². The van der Waals surface area contributed by atoms with E-state index in [1.165, 1.54) is 25.7 Å². The molecule has 0 amide bonds. The Balaban J connectivity index is 2.14. The van der Waals surface area contributed by atoms with Crippen molar-refractivity contribution in [2.24, 2.45) is 17.3 Å². The van der Waals surface area contributed by atoms with E-state index in [0.29, 0.717) is 17.9 Å². The number of hydrogen-bond donors (Lipinski definition) is 1. The molecular weight excluding hydrogens is 124 g/mol. The quantitative estimate of drug-likeness (QED) is 0.589. The lowest BCUT2D eigenvalue weighted by Crippen LogP contribution is -2.24. The highest BCUT2D eigenvalue weighted by Gasteiger charge is 2.47. The van der Waals surface area contributed by atoms with Gasteiger partial charge in [-0.2, -0.15) is 0 Å². The third kappa shape index (κ3) is 0.731. The van der Waals surface area contributed by atoms with Crippen LogP contribution in [0.25, 0.3) is 0 Å². The van der Waals surface area contributed by atoms with Crippen molar-refractivity contribution in [2.75, 3.05) is 6.61 Å². The van der Waals surface area contributed by atoms with Crippen LogP contribution >= 0.6 is 0 Å². The first-order chi connectivity index (χ1) is 4.74. The predicted octanol–water partition coefficient (Wildman–Crippen LogP) is 1.80. The second-order valence-electron chi connectivity index (χ2n) is 4.38. The first kappa shape index (κ1) is 6.66. The van der Waals surface area contributed by atoms with Gasteiger partial charge in [-0.05, 0) is 42.9 Å². The second kappa shape index (κ2) is 1.97. The van der Waals surface area contributed by atoms with Crippen molar-refractivity contribution in [2.45, 2.75) is 32.6 Å². The molecule has 58 valence electrons. The van der Waals surface area contributed by atoms with Gasteiger partial charge >= 0.3 is 0 Å². The summed E-state index contributed by atoms with van der Waals surface area (Å²) in [4.78, 5) is 0. The van der Waals surface area contributed by atoms with Crippen LogP contribution in [0.1, 0.15) is 32.6 Å². The van der Waals surface area contributed by atoms with Gasteiger partial charge in [-0.25, -0.2) is 0 Å². The fraction of sp³-hybridized carbons (Fsp3) is 1.00. The number of rotatable bonds is 1. The topological polar surface area (TPSA) is 20.2 Å². The maximum absolute atomic E-state index is 9.05. The Morgan fingerprint density at radius 1 is 1.60 bits per heavy atom. The van der Waals surface area contributed by atoms with Gasteiger partial charge in [0.15, 0.2) is 0 Å². The summed E-state index contributed by atoms with van der Waals surface area (Å²) >= 11 is 0. The molecule has 0 spiro atoms. The summed E-state index contributed by atoms with van der Waals surface area (Å²) in [5.74, 6) is 1.59. The Hall–Kier alpha value is -0.0400. The highest BCUT2D eigenvalue weighted by Crippen LogP contribution is 2.56. The summed E-state index contributed by atoms with van der Waals surface area (Å²) in [7, 11) is 0. The van der Waals surface area contributed by atoms with Gasteiger partial charge in [0.1, 0.15) is 0 Å². The normalized spacial score (nSPS) is 52.2. The minimum atomic E-state index is 0.424. The average Bonchev–Trinajstić information content (AvgIpc) is 2.41. The lowest BCUT2D eigenvalue weighted by Gasteiger charge is -2.29. The monoisotopic (exact) mass is 140 g/mol. The van der Waals surface area contributed by atoms with Gasteiger partial charge in [0.2, 0.25) is 0 Å². The van der Waals surface area contributed by atoms with Crippen LogP contribution in [-0.4, -0.2) is 11.7 Å². The smallest absolute Gasteiger partial charge is 0.0464 e. The molecule has 0 aromatic carbocycles. The molecule has 0 aliphatic heterocycles. The van der Waals surface area contributed by atoms with Crippen molar-refractivity contribution in [3.8, 4) is 0 Å². The van der Waals surface area contributed by atoms with Gasteiger partial charge < -0.3 is 5.11 Å². The van der Waals surface area contributed by atoms with E-state index in [4.69, 9.17) is 5.11 Å². The number of fused-ring (bicyclic) bond motifs is 2. The number of hydrogen-bond acceptors (Lipinski definition) is 1. The minimum Gasteiger partial charge on any atom is -0.396 e. The Morgan fingerprint density at radius 3 is 2.70 bits per heavy atom. The molecule has 1 nitrogen and oxygen atoms in total. The molecule has 3 atom stereocenters. The lowest BCUT2D eigenvalue weighted by atomic mass is 9.77. The third-order valence-electron chi connectivity index (χ3n) is 3.70. The molecule has 2 saturated carbocycles. The molecule has 0 saturated heterocycles. The summed E-state index contributed by atoms with van der Waals surface area (Å²) < 4.78 is 0. The van der Waals surface area contributed by atoms with E-state index in [1.54, 1.807) is 0 Å². The first-order valence-electron chi connectivity index (χ1n) is 4.35. The summed E-state index contributed by atoms with van der Waals surface area (Å²) in [6.45, 7) is 2.77. The molecule has 0 aromatic rings. The van der Waals surface area contributed by atoms with Crippen LogP contribution in [0, 0.1) is 17.3 Å². The van der Waals surface area contributed by atoms with Crippen LogP contribution in [0.2, 0.25) is 0 Å². The molecule has 1 heteroatoms. The van der Waals surface area contributed by atoms with Crippen molar-refractivity contribution in [1.29, 1.82) is 0 Å². The van der Waals surface area contributed by atoms with Crippen LogP contribution in [0.15, 0.2) is 0 Å². The lowest BCUT2D eigenvalue weighted by molar-refractivity contribution is 0.118. The molecule has 2 aliphatic rings. The van der Waals surface area contributed by atoms with Crippen LogP contribution in [-0.2, 0) is 0 Å². The second-order valence-corrected chi connectivity index (χ2v) is 4.38. The molecule has 2 bridgehead atoms. The van der Waals surface area contributed by atoms with Crippen LogP contribution in [0.5, 0.6) is 0 Å². The molecule has 2 rings (SSSR count). The Bertz CT molecular complexity index is 144. The van der Waals surface area contributed by atoms with Gasteiger partial charge in [-0.3, -0.25) is 0 Å². The zero-order chi connectivity index (χ0) is 7.19. The first-order valence-corrected chi connectivity index (χ1v) is 4.35. The summed E-state index contributed by atoms with van der Waals surface area (Å²) in [6.07, 6.45) is 5.47. The van der Waals surface area contributed by atoms with E-state index in [0.717, 1.165) is 5.92 Å². The van der Waals surface area contributed by atoms with Crippen molar-refractivity contribution in [1.82, 2.24) is 0 Å². The van der Waals surface area contributed by atoms with Crippen molar-refractivity contribution < 1.29 is 5.11 Å². The Labute approximate surface area is 62.4 Å². The largest absolute Gasteiger partial charge is 0.396 e. The fourth-order valence-corrected chi connectivity index (χ4v) is 2.95. The van der Waals surface area contributed by atoms with Gasteiger partial charge in [0.25, 0.3) is 0 Å². The average molecular weight is 140 g/mol. The molecule has 2 aliphatic carbocycles. The van der Waals surface area contributed by atoms with E-state index in [-0.39, 0.29) is 0 Å². The van der Waals surface area contributed by atoms with E-state index in [9.17, 15) is 0 Å². The molecule has 3 unspecified atom stereocenters. The van der Waals surface area contributed by atoms with E-state index in [2.05, 4.69) is 6.92 Å². The third-order valence-corrected chi connectivity index (χ3v) is 3.70. The Morgan fingerprint density at radius 2 is 2.40 bits per heavy atom. The molecule has 0 aromatic heterocycles. The van der Waals surface area contributed by atoms with Crippen LogP contribution < -0.4 is 0 Å². The van der Waals surface area contributed by atoms with Crippen molar-refractivity contribution in [3.05, 3.63) is 0 Å². The van der Waals surface area contributed by atoms with E-state index < -0.39 is 0 Å². The highest BCUT2D eigenvalue weighted by molar-refractivity contribution is 4.98. The summed E-state index contributed by atoms with van der Waals surface area (Å²) in [6, 6.07) is 0. The predicted molar refractivity (Wildman–Crippen MR) is 40.6 cm³/mol. The minimum absolute atomic E-state index is 0.424. The maximum atomic E-state index is 9.05. The SMILES string of the molecule is CC12CCC(CC1CO)C2. The zero-order valence-electron chi connectivity index (χ0n) is 6.64. The molecular formula is C9H16O. The molecule has 10 heavy (non-hydrogen) atoms. The summed E-state index contributed by atoms with van der Waals surface area (Å²) in [5, 5.41) is 9.05. The van der Waals surface area contributed by atoms with E-state index >= 15 is 0 Å². The number of aliphatic hydroxyl groups excluding tert-OH is 1. The maximum Gasteiger partial charge on any atom is 0.0464 e.